The Morgan fingerprint density at radius 2 is 1.65 bits per heavy atom. The van der Waals surface area contributed by atoms with Crippen molar-refractivity contribution in [1.29, 1.82) is 0 Å². The third-order valence-corrected chi connectivity index (χ3v) is 8.37. The van der Waals surface area contributed by atoms with Crippen molar-refractivity contribution in [3.05, 3.63) is 0 Å². The lowest BCUT2D eigenvalue weighted by Crippen LogP contribution is -2.53. The maximum absolute atomic E-state index is 10.2. The molecule has 114 valence electrons. The number of rotatable bonds is 0. The Bertz CT molecular complexity index is 391. The van der Waals surface area contributed by atoms with Crippen molar-refractivity contribution in [2.45, 2.75) is 84.2 Å². The van der Waals surface area contributed by atoms with Crippen LogP contribution in [0.3, 0.4) is 0 Å². The van der Waals surface area contributed by atoms with Gasteiger partial charge in [0.05, 0.1) is 6.10 Å². The van der Waals surface area contributed by atoms with Crippen LogP contribution in [0.2, 0.25) is 0 Å². The molecule has 0 saturated heterocycles. The molecule has 1 nitrogen and oxygen atoms in total. The Morgan fingerprint density at radius 1 is 0.850 bits per heavy atom. The van der Waals surface area contributed by atoms with Crippen LogP contribution in [0, 0.1) is 34.5 Å². The summed E-state index contributed by atoms with van der Waals surface area (Å²) in [4.78, 5) is 0. The molecule has 7 atom stereocenters. The molecule has 1 N–H and O–H groups in total. The van der Waals surface area contributed by atoms with Crippen LogP contribution in [0.4, 0.5) is 0 Å². The van der Waals surface area contributed by atoms with Gasteiger partial charge in [-0.25, -0.2) is 0 Å². The van der Waals surface area contributed by atoms with Crippen molar-refractivity contribution in [3.63, 3.8) is 0 Å². The smallest absolute Gasteiger partial charge is 0.0545 e. The molecule has 0 unspecified atom stereocenters. The minimum Gasteiger partial charge on any atom is -0.393 e. The van der Waals surface area contributed by atoms with E-state index in [0.717, 1.165) is 36.5 Å². The summed E-state index contributed by atoms with van der Waals surface area (Å²) >= 11 is 0. The number of hydrogen-bond acceptors (Lipinski definition) is 1. The van der Waals surface area contributed by atoms with E-state index in [9.17, 15) is 5.11 Å². The lowest BCUT2D eigenvalue weighted by Gasteiger charge is -2.60. The predicted molar refractivity (Wildman–Crippen MR) is 82.4 cm³/mol. The van der Waals surface area contributed by atoms with Gasteiger partial charge in [0, 0.05) is 0 Å². The van der Waals surface area contributed by atoms with E-state index >= 15 is 0 Å². The average molecular weight is 276 g/mol. The largest absolute Gasteiger partial charge is 0.393 e. The molecule has 0 radical (unpaired) electrons. The van der Waals surface area contributed by atoms with E-state index in [2.05, 4.69) is 13.8 Å². The standard InChI is InChI=1S/C19H32O/c1-18-10-3-4-16(18)15-8-6-13-5-7-14(20)12-19(13,2)17(15)9-11-18/h13-17,20H,3-12H2,1-2H3/t13-,14+,15+,16+,17+,18+,19+/m1/s1. The molecule has 4 aliphatic carbocycles. The van der Waals surface area contributed by atoms with E-state index in [1.165, 1.54) is 51.4 Å². The third kappa shape index (κ3) is 1.77. The molecular formula is C19H32O. The first-order chi connectivity index (χ1) is 9.53. The fraction of sp³-hybridized carbons (Fsp3) is 1.00. The number of aliphatic hydroxyl groups is 1. The molecule has 0 aromatic heterocycles. The Hall–Kier alpha value is -0.0400. The molecule has 4 aliphatic rings. The zero-order valence-electron chi connectivity index (χ0n) is 13.4. The van der Waals surface area contributed by atoms with Crippen molar-refractivity contribution in [2.24, 2.45) is 34.5 Å². The molecule has 0 bridgehead atoms. The van der Waals surface area contributed by atoms with Crippen LogP contribution in [0.15, 0.2) is 0 Å². The normalized spacial score (nSPS) is 58.6. The second kappa shape index (κ2) is 4.48. The second-order valence-electron chi connectivity index (χ2n) is 9.18. The molecule has 0 aromatic rings. The Labute approximate surface area is 124 Å². The summed E-state index contributed by atoms with van der Waals surface area (Å²) in [5.41, 5.74) is 1.14. The summed E-state index contributed by atoms with van der Waals surface area (Å²) in [5, 5.41) is 10.2. The summed E-state index contributed by atoms with van der Waals surface area (Å²) < 4.78 is 0. The molecule has 0 heterocycles. The van der Waals surface area contributed by atoms with Gasteiger partial charge in [0.15, 0.2) is 0 Å². The van der Waals surface area contributed by atoms with Crippen LogP contribution in [0.25, 0.3) is 0 Å². The van der Waals surface area contributed by atoms with Crippen LogP contribution in [0.5, 0.6) is 0 Å². The lowest BCUT2D eigenvalue weighted by atomic mass is 9.45. The third-order valence-electron chi connectivity index (χ3n) is 8.37. The fourth-order valence-electron chi connectivity index (χ4n) is 7.32. The summed E-state index contributed by atoms with van der Waals surface area (Å²) in [6.45, 7) is 5.14. The van der Waals surface area contributed by atoms with Gasteiger partial charge in [0.25, 0.3) is 0 Å². The van der Waals surface area contributed by atoms with Crippen molar-refractivity contribution < 1.29 is 5.11 Å². The van der Waals surface area contributed by atoms with Gasteiger partial charge >= 0.3 is 0 Å². The highest BCUT2D eigenvalue weighted by Gasteiger charge is 2.57. The van der Waals surface area contributed by atoms with Crippen LogP contribution in [0.1, 0.15) is 78.1 Å². The first kappa shape index (κ1) is 13.6. The monoisotopic (exact) mass is 276 g/mol. The number of fused-ring (bicyclic) bond motifs is 5. The highest BCUT2D eigenvalue weighted by atomic mass is 16.3. The zero-order chi connectivity index (χ0) is 14.0. The van der Waals surface area contributed by atoms with Gasteiger partial charge < -0.3 is 5.11 Å². The molecule has 20 heavy (non-hydrogen) atoms. The Morgan fingerprint density at radius 3 is 2.50 bits per heavy atom. The second-order valence-corrected chi connectivity index (χ2v) is 9.18. The van der Waals surface area contributed by atoms with Crippen molar-refractivity contribution in [1.82, 2.24) is 0 Å². The van der Waals surface area contributed by atoms with Gasteiger partial charge in [-0.3, -0.25) is 0 Å². The lowest BCUT2D eigenvalue weighted by molar-refractivity contribution is -0.124. The zero-order valence-corrected chi connectivity index (χ0v) is 13.4. The molecule has 1 heteroatoms. The Kier molecular flexibility index (Phi) is 3.05. The highest BCUT2D eigenvalue weighted by Crippen LogP contribution is 2.66. The van der Waals surface area contributed by atoms with Crippen molar-refractivity contribution in [2.75, 3.05) is 0 Å². The van der Waals surface area contributed by atoms with Crippen LogP contribution in [-0.4, -0.2) is 11.2 Å². The van der Waals surface area contributed by atoms with Gasteiger partial charge in [0.2, 0.25) is 0 Å². The van der Waals surface area contributed by atoms with Gasteiger partial charge in [0.1, 0.15) is 0 Å². The maximum atomic E-state index is 10.2. The van der Waals surface area contributed by atoms with Crippen LogP contribution >= 0.6 is 0 Å². The van der Waals surface area contributed by atoms with Crippen molar-refractivity contribution in [3.8, 4) is 0 Å². The molecule has 0 aliphatic heterocycles. The number of hydrogen-bond donors (Lipinski definition) is 1. The maximum Gasteiger partial charge on any atom is 0.0545 e. The molecule has 4 fully saturated rings. The summed E-state index contributed by atoms with van der Waals surface area (Å²) in [6.07, 6.45) is 13.8. The molecule has 0 amide bonds. The summed E-state index contributed by atoms with van der Waals surface area (Å²) in [7, 11) is 0. The Balaban J connectivity index is 1.64. The molecule has 4 rings (SSSR count). The minimum absolute atomic E-state index is 0.00751. The van der Waals surface area contributed by atoms with E-state index in [1.807, 2.05) is 0 Å². The molecule has 0 aromatic carbocycles. The SMILES string of the molecule is C[C@@]12CCC[C@H]1[C@@H]1CC[C@H]3CC[C@H](O)C[C@]3(C)[C@H]1CC2. The molecule has 4 saturated carbocycles. The first-order valence-electron chi connectivity index (χ1n) is 9.21. The first-order valence-corrected chi connectivity index (χ1v) is 9.21. The number of aliphatic hydroxyl groups excluding tert-OH is 1. The van der Waals surface area contributed by atoms with E-state index in [-0.39, 0.29) is 6.10 Å². The molecule has 0 spiro atoms. The highest BCUT2D eigenvalue weighted by molar-refractivity contribution is 5.07. The van der Waals surface area contributed by atoms with Gasteiger partial charge in [-0.15, -0.1) is 0 Å². The molecular weight excluding hydrogens is 244 g/mol. The van der Waals surface area contributed by atoms with Crippen molar-refractivity contribution >= 4 is 0 Å². The van der Waals surface area contributed by atoms with E-state index in [0.29, 0.717) is 10.8 Å². The van der Waals surface area contributed by atoms with Crippen LogP contribution < -0.4 is 0 Å². The minimum atomic E-state index is -0.00751. The predicted octanol–water partition coefficient (Wildman–Crippen LogP) is 4.78. The quantitative estimate of drug-likeness (QED) is 0.675. The fourth-order valence-corrected chi connectivity index (χ4v) is 7.32. The topological polar surface area (TPSA) is 20.2 Å². The van der Waals surface area contributed by atoms with Crippen LogP contribution in [-0.2, 0) is 0 Å². The summed E-state index contributed by atoms with van der Waals surface area (Å²) in [5.74, 6) is 3.84. The van der Waals surface area contributed by atoms with Gasteiger partial charge in [-0.1, -0.05) is 20.3 Å². The van der Waals surface area contributed by atoms with E-state index in [1.54, 1.807) is 0 Å². The van der Waals surface area contributed by atoms with E-state index in [4.69, 9.17) is 0 Å². The average Bonchev–Trinajstić information content (AvgIpc) is 2.79. The summed E-state index contributed by atoms with van der Waals surface area (Å²) in [6, 6.07) is 0. The van der Waals surface area contributed by atoms with Gasteiger partial charge in [-0.05, 0) is 92.3 Å². The van der Waals surface area contributed by atoms with Gasteiger partial charge in [-0.2, -0.15) is 0 Å². The van der Waals surface area contributed by atoms with E-state index < -0.39 is 0 Å².